The number of hydrogen-bond donors (Lipinski definition) is 1. The molecule has 2 unspecified atom stereocenters. The maximum absolute atomic E-state index is 5.92. The highest BCUT2D eigenvalue weighted by Crippen LogP contribution is 2.22. The van der Waals surface area contributed by atoms with Gasteiger partial charge in [-0.1, -0.05) is 30.3 Å². The zero-order chi connectivity index (χ0) is 18.5. The molecule has 0 bridgehead atoms. The van der Waals surface area contributed by atoms with E-state index < -0.39 is 0 Å². The molecule has 4 rings (SSSR count). The van der Waals surface area contributed by atoms with Gasteiger partial charge in [-0.25, -0.2) is 4.98 Å². The second-order valence-corrected chi connectivity index (χ2v) is 6.79. The number of rotatable bonds is 4. The fraction of sp³-hybridized carbons (Fsp3) is 0.500. The number of guanidine groups is 1. The number of nitrogens with one attached hydrogen (secondary N) is 1. The Labute approximate surface area is 159 Å². The van der Waals surface area contributed by atoms with E-state index in [1.165, 1.54) is 0 Å². The molecule has 2 aliphatic heterocycles. The maximum Gasteiger partial charge on any atom is 0.214 e. The number of ether oxygens (including phenoxy) is 2. The number of benzene rings is 1. The van der Waals surface area contributed by atoms with Crippen molar-refractivity contribution in [2.75, 3.05) is 33.4 Å². The van der Waals surface area contributed by atoms with Crippen LogP contribution in [0.2, 0.25) is 0 Å². The van der Waals surface area contributed by atoms with E-state index in [1.54, 1.807) is 13.2 Å². The molecule has 0 saturated carbocycles. The minimum Gasteiger partial charge on any atom is -0.439 e. The zero-order valence-electron chi connectivity index (χ0n) is 15.6. The Morgan fingerprint density at radius 3 is 2.85 bits per heavy atom. The highest BCUT2D eigenvalue weighted by Gasteiger charge is 2.32. The Morgan fingerprint density at radius 2 is 2.07 bits per heavy atom. The summed E-state index contributed by atoms with van der Waals surface area (Å²) in [6.07, 6.45) is 4.25. The first-order chi connectivity index (χ1) is 13.3. The lowest BCUT2D eigenvalue weighted by Gasteiger charge is -2.37. The zero-order valence-corrected chi connectivity index (χ0v) is 15.6. The largest absolute Gasteiger partial charge is 0.439 e. The molecule has 2 aromatic rings. The van der Waals surface area contributed by atoms with E-state index in [9.17, 15) is 0 Å². The van der Waals surface area contributed by atoms with E-state index in [2.05, 4.69) is 20.2 Å². The number of morpholine rings is 1. The molecule has 7 nitrogen and oxygen atoms in total. The number of hydrogen-bond acceptors (Lipinski definition) is 5. The monoisotopic (exact) mass is 370 g/mol. The first kappa shape index (κ1) is 18.0. The van der Waals surface area contributed by atoms with Gasteiger partial charge in [0, 0.05) is 32.3 Å². The highest BCUT2D eigenvalue weighted by atomic mass is 16.5. The summed E-state index contributed by atoms with van der Waals surface area (Å²) in [7, 11) is 1.80. The van der Waals surface area contributed by atoms with E-state index in [0.29, 0.717) is 19.0 Å². The normalized spacial score (nSPS) is 23.6. The van der Waals surface area contributed by atoms with Crippen molar-refractivity contribution >= 4 is 5.96 Å². The molecule has 0 spiro atoms. The molecule has 1 aromatic heterocycles. The third kappa shape index (κ3) is 4.31. The van der Waals surface area contributed by atoms with Crippen molar-refractivity contribution in [1.82, 2.24) is 15.2 Å². The molecule has 7 heteroatoms. The van der Waals surface area contributed by atoms with Gasteiger partial charge in [0.15, 0.2) is 11.7 Å². The smallest absolute Gasteiger partial charge is 0.214 e. The summed E-state index contributed by atoms with van der Waals surface area (Å²) in [4.78, 5) is 11.0. The van der Waals surface area contributed by atoms with Crippen LogP contribution in [0.15, 0.2) is 45.9 Å². The van der Waals surface area contributed by atoms with Gasteiger partial charge in [0.1, 0.15) is 6.10 Å². The average Bonchev–Trinajstić information content (AvgIpc) is 3.42. The van der Waals surface area contributed by atoms with Crippen molar-refractivity contribution in [2.45, 2.75) is 31.6 Å². The Balaban J connectivity index is 1.34. The van der Waals surface area contributed by atoms with Gasteiger partial charge in [-0.2, -0.15) is 0 Å². The third-order valence-corrected chi connectivity index (χ3v) is 4.99. The number of nitrogens with zero attached hydrogens (tertiary/aromatic N) is 3. The summed E-state index contributed by atoms with van der Waals surface area (Å²) < 4.78 is 17.6. The van der Waals surface area contributed by atoms with Crippen molar-refractivity contribution in [3.8, 4) is 11.3 Å². The number of aromatic nitrogens is 1. The second kappa shape index (κ2) is 8.54. The summed E-state index contributed by atoms with van der Waals surface area (Å²) in [5.41, 5.74) is 1.02. The van der Waals surface area contributed by atoms with Gasteiger partial charge in [-0.3, -0.25) is 4.99 Å². The van der Waals surface area contributed by atoms with Crippen molar-refractivity contribution in [2.24, 2.45) is 4.99 Å². The first-order valence-electron chi connectivity index (χ1n) is 9.52. The summed E-state index contributed by atoms with van der Waals surface area (Å²) >= 11 is 0. The highest BCUT2D eigenvalue weighted by molar-refractivity contribution is 5.79. The van der Waals surface area contributed by atoms with Crippen molar-refractivity contribution in [3.63, 3.8) is 0 Å². The topological polar surface area (TPSA) is 72.1 Å². The summed E-state index contributed by atoms with van der Waals surface area (Å²) in [6.45, 7) is 3.60. The van der Waals surface area contributed by atoms with Crippen molar-refractivity contribution in [3.05, 3.63) is 42.4 Å². The van der Waals surface area contributed by atoms with Crippen LogP contribution in [0.3, 0.4) is 0 Å². The number of oxazole rings is 1. The summed E-state index contributed by atoms with van der Waals surface area (Å²) in [5.74, 6) is 2.24. The minimum atomic E-state index is 0.103. The van der Waals surface area contributed by atoms with Crippen LogP contribution in [0.25, 0.3) is 11.3 Å². The van der Waals surface area contributed by atoms with Crippen LogP contribution in [-0.2, 0) is 16.0 Å². The van der Waals surface area contributed by atoms with Gasteiger partial charge in [-0.15, -0.1) is 0 Å². The molecule has 1 aromatic carbocycles. The SMILES string of the molecule is CN=C(NCc1ncc(-c2ccccc2)o1)N1CCOC(C2CCCO2)C1. The van der Waals surface area contributed by atoms with Crippen LogP contribution >= 0.6 is 0 Å². The number of aliphatic imine (C=N–C) groups is 1. The quantitative estimate of drug-likeness (QED) is 0.658. The Morgan fingerprint density at radius 1 is 1.22 bits per heavy atom. The second-order valence-electron chi connectivity index (χ2n) is 6.79. The fourth-order valence-corrected chi connectivity index (χ4v) is 3.60. The van der Waals surface area contributed by atoms with Crippen LogP contribution in [-0.4, -0.2) is 61.4 Å². The average molecular weight is 370 g/mol. The van der Waals surface area contributed by atoms with E-state index in [4.69, 9.17) is 13.9 Å². The van der Waals surface area contributed by atoms with Crippen LogP contribution in [0.1, 0.15) is 18.7 Å². The molecule has 2 fully saturated rings. The molecule has 2 atom stereocenters. The first-order valence-corrected chi connectivity index (χ1v) is 9.52. The molecular weight excluding hydrogens is 344 g/mol. The van der Waals surface area contributed by atoms with Crippen LogP contribution in [0, 0.1) is 0 Å². The van der Waals surface area contributed by atoms with Gasteiger partial charge in [0.25, 0.3) is 0 Å². The van der Waals surface area contributed by atoms with Gasteiger partial charge in [0.05, 0.1) is 25.5 Å². The Bertz CT molecular complexity index is 756. The lowest BCUT2D eigenvalue weighted by atomic mass is 10.1. The molecule has 0 amide bonds. The van der Waals surface area contributed by atoms with Gasteiger partial charge < -0.3 is 24.1 Å². The van der Waals surface area contributed by atoms with Gasteiger partial charge >= 0.3 is 0 Å². The Kier molecular flexibility index (Phi) is 5.69. The molecule has 27 heavy (non-hydrogen) atoms. The molecule has 3 heterocycles. The van der Waals surface area contributed by atoms with Crippen LogP contribution in [0.5, 0.6) is 0 Å². The molecular formula is C20H26N4O3. The van der Waals surface area contributed by atoms with Gasteiger partial charge in [0.2, 0.25) is 5.89 Å². The molecule has 144 valence electrons. The lowest BCUT2D eigenvalue weighted by Crippen LogP contribution is -2.53. The van der Waals surface area contributed by atoms with E-state index >= 15 is 0 Å². The molecule has 0 radical (unpaired) electrons. The lowest BCUT2D eigenvalue weighted by molar-refractivity contribution is -0.0817. The third-order valence-electron chi connectivity index (χ3n) is 4.99. The van der Waals surface area contributed by atoms with Crippen LogP contribution < -0.4 is 5.32 Å². The fourth-order valence-electron chi connectivity index (χ4n) is 3.60. The summed E-state index contributed by atoms with van der Waals surface area (Å²) in [6, 6.07) is 9.98. The molecule has 0 aliphatic carbocycles. The van der Waals surface area contributed by atoms with E-state index in [0.717, 1.165) is 49.8 Å². The Hall–Kier alpha value is -2.38. The maximum atomic E-state index is 5.92. The standard InChI is InChI=1S/C20H26N4O3/c1-21-20(24-9-11-26-18(14-24)16-8-5-10-25-16)23-13-19-22-12-17(27-19)15-6-3-2-4-7-15/h2-4,6-7,12,16,18H,5,8-11,13-14H2,1H3,(H,21,23). The molecule has 2 aliphatic rings. The molecule has 2 saturated heterocycles. The molecule has 1 N–H and O–H groups in total. The van der Waals surface area contributed by atoms with Crippen LogP contribution in [0.4, 0.5) is 0 Å². The predicted molar refractivity (Wildman–Crippen MR) is 102 cm³/mol. The van der Waals surface area contributed by atoms with Crippen molar-refractivity contribution < 1.29 is 13.9 Å². The van der Waals surface area contributed by atoms with E-state index in [1.807, 2.05) is 30.3 Å². The van der Waals surface area contributed by atoms with Gasteiger partial charge in [-0.05, 0) is 12.8 Å². The van der Waals surface area contributed by atoms with Crippen molar-refractivity contribution in [1.29, 1.82) is 0 Å². The predicted octanol–water partition coefficient (Wildman–Crippen LogP) is 2.30. The summed E-state index contributed by atoms with van der Waals surface area (Å²) in [5, 5.41) is 3.35. The van der Waals surface area contributed by atoms with E-state index in [-0.39, 0.29) is 12.2 Å². The minimum absolute atomic E-state index is 0.103.